The van der Waals surface area contributed by atoms with Gasteiger partial charge in [-0.2, -0.15) is 0 Å². The average Bonchev–Trinajstić information content (AvgIpc) is 2.48. The van der Waals surface area contributed by atoms with E-state index in [-0.39, 0.29) is 0 Å². The van der Waals surface area contributed by atoms with E-state index < -0.39 is 10.0 Å². The van der Waals surface area contributed by atoms with Crippen LogP contribution in [-0.4, -0.2) is 35.6 Å². The molecule has 5 heteroatoms. The maximum atomic E-state index is 12.2. The SMILES string of the molecule is C[NH+](C)CCNS(=O)(=O)c1ccc(C2CCCCC2)cc1. The molecule has 2 N–H and O–H groups in total. The molecule has 1 aromatic carbocycles. The van der Waals surface area contributed by atoms with Crippen molar-refractivity contribution in [1.82, 2.24) is 4.72 Å². The zero-order valence-corrected chi connectivity index (χ0v) is 13.9. The van der Waals surface area contributed by atoms with E-state index in [9.17, 15) is 8.42 Å². The number of quaternary nitrogens is 1. The first-order chi connectivity index (χ1) is 9.99. The summed E-state index contributed by atoms with van der Waals surface area (Å²) >= 11 is 0. The van der Waals surface area contributed by atoms with Crippen molar-refractivity contribution in [2.75, 3.05) is 27.2 Å². The van der Waals surface area contributed by atoms with E-state index in [4.69, 9.17) is 0 Å². The van der Waals surface area contributed by atoms with Crippen LogP contribution in [0.15, 0.2) is 29.2 Å². The largest absolute Gasteiger partial charge is 0.339 e. The van der Waals surface area contributed by atoms with E-state index in [0.29, 0.717) is 17.4 Å². The fourth-order valence-corrected chi connectivity index (χ4v) is 3.91. The lowest BCUT2D eigenvalue weighted by Crippen LogP contribution is -3.06. The fourth-order valence-electron chi connectivity index (χ4n) is 2.87. The van der Waals surface area contributed by atoms with E-state index >= 15 is 0 Å². The minimum Gasteiger partial charge on any atom is -0.339 e. The third kappa shape index (κ3) is 4.80. The summed E-state index contributed by atoms with van der Waals surface area (Å²) in [6.45, 7) is 1.24. The van der Waals surface area contributed by atoms with Gasteiger partial charge in [0.15, 0.2) is 0 Å². The van der Waals surface area contributed by atoms with Gasteiger partial charge in [0.05, 0.1) is 32.1 Å². The van der Waals surface area contributed by atoms with Gasteiger partial charge in [0.25, 0.3) is 0 Å². The highest BCUT2D eigenvalue weighted by Gasteiger charge is 2.18. The van der Waals surface area contributed by atoms with E-state index in [1.165, 1.54) is 42.6 Å². The Morgan fingerprint density at radius 3 is 2.29 bits per heavy atom. The molecule has 1 saturated carbocycles. The van der Waals surface area contributed by atoms with E-state index in [1.54, 1.807) is 12.1 Å². The summed E-state index contributed by atoms with van der Waals surface area (Å²) < 4.78 is 27.0. The molecule has 0 amide bonds. The normalized spacial score (nSPS) is 17.3. The second kappa shape index (κ2) is 7.38. The highest BCUT2D eigenvalue weighted by atomic mass is 32.2. The Labute approximate surface area is 128 Å². The van der Waals surface area contributed by atoms with Gasteiger partial charge in [-0.25, -0.2) is 13.1 Å². The van der Waals surface area contributed by atoms with E-state index in [1.807, 2.05) is 26.2 Å². The lowest BCUT2D eigenvalue weighted by atomic mass is 9.84. The van der Waals surface area contributed by atoms with Crippen LogP contribution in [0.3, 0.4) is 0 Å². The van der Waals surface area contributed by atoms with Crippen LogP contribution in [0.4, 0.5) is 0 Å². The standard InChI is InChI=1S/C16H26N2O2S/c1-18(2)13-12-17-21(19,20)16-10-8-15(9-11-16)14-6-4-3-5-7-14/h8-11,14,17H,3-7,12-13H2,1-2H3/p+1. The first-order valence-corrected chi connectivity index (χ1v) is 9.36. The van der Waals surface area contributed by atoms with Crippen LogP contribution >= 0.6 is 0 Å². The Bertz CT molecular complexity index is 532. The lowest BCUT2D eigenvalue weighted by molar-refractivity contribution is -0.856. The molecule has 2 rings (SSSR count). The second-order valence-electron chi connectivity index (χ2n) is 6.26. The second-order valence-corrected chi connectivity index (χ2v) is 8.03. The molecule has 0 spiro atoms. The molecule has 4 nitrogen and oxygen atoms in total. The Morgan fingerprint density at radius 1 is 1.10 bits per heavy atom. The van der Waals surface area contributed by atoms with Gasteiger partial charge >= 0.3 is 0 Å². The summed E-state index contributed by atoms with van der Waals surface area (Å²) in [5.41, 5.74) is 1.28. The Kier molecular flexibility index (Phi) is 5.79. The van der Waals surface area contributed by atoms with Crippen molar-refractivity contribution in [3.05, 3.63) is 29.8 Å². The van der Waals surface area contributed by atoms with E-state index in [2.05, 4.69) is 4.72 Å². The first kappa shape index (κ1) is 16.5. The number of benzene rings is 1. The predicted octanol–water partition coefficient (Wildman–Crippen LogP) is 1.16. The van der Waals surface area contributed by atoms with Crippen molar-refractivity contribution in [3.8, 4) is 0 Å². The predicted molar refractivity (Wildman–Crippen MR) is 85.1 cm³/mol. The van der Waals surface area contributed by atoms with Gasteiger partial charge in [0.2, 0.25) is 10.0 Å². The van der Waals surface area contributed by atoms with Gasteiger partial charge < -0.3 is 4.90 Å². The molecule has 0 aliphatic heterocycles. The molecule has 0 atom stereocenters. The first-order valence-electron chi connectivity index (χ1n) is 7.88. The molecule has 0 saturated heterocycles. The Hall–Kier alpha value is -0.910. The Morgan fingerprint density at radius 2 is 1.71 bits per heavy atom. The van der Waals surface area contributed by atoms with Crippen molar-refractivity contribution >= 4 is 10.0 Å². The summed E-state index contributed by atoms with van der Waals surface area (Å²) in [5, 5.41) is 0. The monoisotopic (exact) mass is 311 g/mol. The highest BCUT2D eigenvalue weighted by molar-refractivity contribution is 7.89. The molecule has 1 aliphatic carbocycles. The third-order valence-electron chi connectivity index (χ3n) is 4.18. The van der Waals surface area contributed by atoms with Crippen molar-refractivity contribution < 1.29 is 13.3 Å². The molecular weight excluding hydrogens is 284 g/mol. The molecule has 0 radical (unpaired) electrons. The summed E-state index contributed by atoms with van der Waals surface area (Å²) in [6.07, 6.45) is 6.38. The molecule has 1 aliphatic rings. The van der Waals surface area contributed by atoms with Gasteiger partial charge in [-0.1, -0.05) is 31.4 Å². The smallest absolute Gasteiger partial charge is 0.240 e. The van der Waals surface area contributed by atoms with Gasteiger partial charge in [-0.15, -0.1) is 0 Å². The quantitative estimate of drug-likeness (QED) is 0.828. The molecule has 118 valence electrons. The summed E-state index contributed by atoms with van der Waals surface area (Å²) in [4.78, 5) is 1.60. The van der Waals surface area contributed by atoms with Crippen LogP contribution in [0.2, 0.25) is 0 Å². The molecule has 1 fully saturated rings. The van der Waals surface area contributed by atoms with Crippen LogP contribution in [0.25, 0.3) is 0 Å². The maximum absolute atomic E-state index is 12.2. The van der Waals surface area contributed by atoms with Crippen LogP contribution in [-0.2, 0) is 10.0 Å². The number of sulfonamides is 1. The molecule has 21 heavy (non-hydrogen) atoms. The molecule has 0 bridgehead atoms. The number of hydrogen-bond acceptors (Lipinski definition) is 2. The van der Waals surface area contributed by atoms with Crippen molar-refractivity contribution in [2.24, 2.45) is 0 Å². The van der Waals surface area contributed by atoms with Crippen molar-refractivity contribution in [3.63, 3.8) is 0 Å². The van der Waals surface area contributed by atoms with Crippen molar-refractivity contribution in [2.45, 2.75) is 42.9 Å². The topological polar surface area (TPSA) is 50.6 Å². The molecule has 0 heterocycles. The van der Waals surface area contributed by atoms with Gasteiger partial charge in [0.1, 0.15) is 0 Å². The molecule has 0 unspecified atom stereocenters. The third-order valence-corrected chi connectivity index (χ3v) is 5.66. The van der Waals surface area contributed by atoms with E-state index in [0.717, 1.165) is 6.54 Å². The lowest BCUT2D eigenvalue weighted by Gasteiger charge is -2.22. The highest BCUT2D eigenvalue weighted by Crippen LogP contribution is 2.32. The average molecular weight is 311 g/mol. The molecule has 0 aromatic heterocycles. The zero-order valence-electron chi connectivity index (χ0n) is 13.1. The minimum atomic E-state index is -3.37. The van der Waals surface area contributed by atoms with Crippen molar-refractivity contribution in [1.29, 1.82) is 0 Å². The summed E-state index contributed by atoms with van der Waals surface area (Å²) in [5.74, 6) is 0.612. The van der Waals surface area contributed by atoms with Gasteiger partial charge in [0, 0.05) is 0 Å². The maximum Gasteiger partial charge on any atom is 0.240 e. The van der Waals surface area contributed by atoms with Crippen LogP contribution in [0.1, 0.15) is 43.6 Å². The minimum absolute atomic E-state index is 0.371. The van der Waals surface area contributed by atoms with Gasteiger partial charge in [-0.3, -0.25) is 0 Å². The Balaban J connectivity index is 2.00. The van der Waals surface area contributed by atoms with Gasteiger partial charge in [-0.05, 0) is 36.5 Å². The van der Waals surface area contributed by atoms with Crippen LogP contribution < -0.4 is 9.62 Å². The molecular formula is C16H27N2O2S+. The number of likely N-dealkylation sites (N-methyl/N-ethyl adjacent to an activating group) is 1. The number of rotatable bonds is 6. The number of hydrogen-bond donors (Lipinski definition) is 2. The molecule has 1 aromatic rings. The number of nitrogens with one attached hydrogen (secondary N) is 2. The van der Waals surface area contributed by atoms with Crippen LogP contribution in [0.5, 0.6) is 0 Å². The summed E-state index contributed by atoms with van der Waals surface area (Å²) in [7, 11) is 0.648. The summed E-state index contributed by atoms with van der Waals surface area (Å²) in [6, 6.07) is 7.47. The zero-order chi connectivity index (χ0) is 15.3. The van der Waals surface area contributed by atoms with Crippen LogP contribution in [0, 0.1) is 0 Å². The fraction of sp³-hybridized carbons (Fsp3) is 0.625.